The Morgan fingerprint density at radius 1 is 1.37 bits per heavy atom. The number of carboxylic acid groups (broad SMARTS) is 1. The van der Waals surface area contributed by atoms with Crippen molar-refractivity contribution in [2.24, 2.45) is 0 Å². The summed E-state index contributed by atoms with van der Waals surface area (Å²) in [5, 5.41) is 18.8. The van der Waals surface area contributed by atoms with Crippen LogP contribution in [0.1, 0.15) is 32.0 Å². The van der Waals surface area contributed by atoms with Gasteiger partial charge >= 0.3 is 5.97 Å². The summed E-state index contributed by atoms with van der Waals surface area (Å²) < 4.78 is 1.85. The summed E-state index contributed by atoms with van der Waals surface area (Å²) in [7, 11) is 0. The summed E-state index contributed by atoms with van der Waals surface area (Å²) in [4.78, 5) is 22.3. The highest BCUT2D eigenvalue weighted by atomic mass is 16.4. The summed E-state index contributed by atoms with van der Waals surface area (Å²) in [5.41, 5.74) is 2.96. The molecule has 0 bridgehead atoms. The predicted octanol–water partition coefficient (Wildman–Crippen LogP) is 1.76. The minimum atomic E-state index is -1.02. The van der Waals surface area contributed by atoms with Gasteiger partial charge in [0, 0.05) is 23.2 Å². The van der Waals surface area contributed by atoms with E-state index in [1.807, 2.05) is 4.57 Å². The maximum Gasteiger partial charge on any atom is 0.335 e. The fourth-order valence-corrected chi connectivity index (χ4v) is 2.50. The standard InChI is InChI=1S/C14H15NO4/c1-8-5-10(14(18)19)6-11-12(7-17)9(2)15(3-4-16)13(8)11/h5-7,16H,3-4H2,1-2H3,(H,18,19). The Hall–Kier alpha value is -2.14. The van der Waals surface area contributed by atoms with Crippen molar-refractivity contribution in [1.29, 1.82) is 0 Å². The van der Waals surface area contributed by atoms with E-state index in [0.717, 1.165) is 23.1 Å². The Balaban J connectivity index is 2.89. The zero-order valence-electron chi connectivity index (χ0n) is 10.8. The Morgan fingerprint density at radius 3 is 2.58 bits per heavy atom. The third-order valence-corrected chi connectivity index (χ3v) is 3.34. The number of aldehydes is 1. The molecular formula is C14H15NO4. The molecule has 2 N–H and O–H groups in total. The molecule has 5 heteroatoms. The lowest BCUT2D eigenvalue weighted by molar-refractivity contribution is 0.0696. The van der Waals surface area contributed by atoms with Crippen LogP contribution in [0.4, 0.5) is 0 Å². The van der Waals surface area contributed by atoms with Crippen LogP contribution in [0.2, 0.25) is 0 Å². The quantitative estimate of drug-likeness (QED) is 0.822. The van der Waals surface area contributed by atoms with E-state index in [9.17, 15) is 9.59 Å². The van der Waals surface area contributed by atoms with Gasteiger partial charge in [0.1, 0.15) is 0 Å². The van der Waals surface area contributed by atoms with Crippen LogP contribution in [0.3, 0.4) is 0 Å². The number of hydrogen-bond donors (Lipinski definition) is 2. The molecule has 1 heterocycles. The largest absolute Gasteiger partial charge is 0.478 e. The van der Waals surface area contributed by atoms with Gasteiger partial charge in [-0.1, -0.05) is 0 Å². The van der Waals surface area contributed by atoms with E-state index in [2.05, 4.69) is 0 Å². The number of nitrogens with zero attached hydrogens (tertiary/aromatic N) is 1. The molecular weight excluding hydrogens is 246 g/mol. The lowest BCUT2D eigenvalue weighted by Gasteiger charge is -2.08. The number of rotatable bonds is 4. The molecule has 5 nitrogen and oxygen atoms in total. The lowest BCUT2D eigenvalue weighted by Crippen LogP contribution is -2.05. The molecule has 0 aliphatic heterocycles. The van der Waals surface area contributed by atoms with Crippen molar-refractivity contribution in [1.82, 2.24) is 4.57 Å². The molecule has 0 fully saturated rings. The number of fused-ring (bicyclic) bond motifs is 1. The van der Waals surface area contributed by atoms with Gasteiger partial charge < -0.3 is 14.8 Å². The average Bonchev–Trinajstić information content (AvgIpc) is 2.63. The van der Waals surface area contributed by atoms with Crippen molar-refractivity contribution < 1.29 is 19.8 Å². The number of aromatic nitrogens is 1. The van der Waals surface area contributed by atoms with Crippen LogP contribution in [0.25, 0.3) is 10.9 Å². The Kier molecular flexibility index (Phi) is 3.40. The first kappa shape index (κ1) is 13.3. The number of aromatic carboxylic acids is 1. The third-order valence-electron chi connectivity index (χ3n) is 3.34. The summed E-state index contributed by atoms with van der Waals surface area (Å²) in [6, 6.07) is 3.09. The number of carboxylic acids is 1. The number of aliphatic hydroxyl groups excluding tert-OH is 1. The van der Waals surface area contributed by atoms with Crippen molar-refractivity contribution in [3.8, 4) is 0 Å². The van der Waals surface area contributed by atoms with Crippen LogP contribution < -0.4 is 0 Å². The van der Waals surface area contributed by atoms with Crippen molar-refractivity contribution in [2.75, 3.05) is 6.61 Å². The zero-order valence-corrected chi connectivity index (χ0v) is 10.8. The number of aryl methyl sites for hydroxylation is 1. The normalized spacial score (nSPS) is 10.9. The number of benzene rings is 1. The van der Waals surface area contributed by atoms with Crippen molar-refractivity contribution in [3.63, 3.8) is 0 Å². The number of carbonyl (C=O) groups is 2. The van der Waals surface area contributed by atoms with Gasteiger partial charge in [-0.3, -0.25) is 4.79 Å². The zero-order chi connectivity index (χ0) is 14.2. The highest BCUT2D eigenvalue weighted by Gasteiger charge is 2.17. The van der Waals surface area contributed by atoms with Gasteiger partial charge in [-0.2, -0.15) is 0 Å². The average molecular weight is 261 g/mol. The van der Waals surface area contributed by atoms with E-state index in [4.69, 9.17) is 10.2 Å². The molecule has 19 heavy (non-hydrogen) atoms. The van der Waals surface area contributed by atoms with Gasteiger partial charge in [0.15, 0.2) is 6.29 Å². The summed E-state index contributed by atoms with van der Waals surface area (Å²) in [5.74, 6) is -1.02. The van der Waals surface area contributed by atoms with E-state index in [0.29, 0.717) is 17.5 Å². The fraction of sp³-hybridized carbons (Fsp3) is 0.286. The molecule has 2 aromatic rings. The first-order chi connectivity index (χ1) is 9.01. The smallest absolute Gasteiger partial charge is 0.335 e. The second-order valence-corrected chi connectivity index (χ2v) is 4.49. The highest BCUT2D eigenvalue weighted by Crippen LogP contribution is 2.28. The Bertz CT molecular complexity index is 670. The maximum atomic E-state index is 11.2. The number of carbonyl (C=O) groups excluding carboxylic acids is 1. The van der Waals surface area contributed by atoms with Crippen LogP contribution >= 0.6 is 0 Å². The molecule has 1 aromatic carbocycles. The maximum absolute atomic E-state index is 11.2. The number of hydrogen-bond acceptors (Lipinski definition) is 3. The number of aliphatic hydroxyl groups is 1. The monoisotopic (exact) mass is 261 g/mol. The molecule has 0 saturated heterocycles. The SMILES string of the molecule is Cc1cc(C(=O)O)cc2c(C=O)c(C)n(CCO)c12. The molecule has 0 saturated carbocycles. The van der Waals surface area contributed by atoms with E-state index < -0.39 is 5.97 Å². The van der Waals surface area contributed by atoms with Gasteiger partial charge in [-0.05, 0) is 31.5 Å². The van der Waals surface area contributed by atoms with Crippen molar-refractivity contribution >= 4 is 23.2 Å². The minimum Gasteiger partial charge on any atom is -0.478 e. The highest BCUT2D eigenvalue weighted by molar-refractivity contribution is 6.04. The Labute approximate surface area is 110 Å². The van der Waals surface area contributed by atoms with E-state index in [1.165, 1.54) is 6.07 Å². The molecule has 0 aliphatic rings. The van der Waals surface area contributed by atoms with Gasteiger partial charge in [0.2, 0.25) is 0 Å². The van der Waals surface area contributed by atoms with Gasteiger partial charge in [-0.25, -0.2) is 4.79 Å². The molecule has 0 atom stereocenters. The fourth-order valence-electron chi connectivity index (χ4n) is 2.50. The lowest BCUT2D eigenvalue weighted by atomic mass is 10.0. The first-order valence-corrected chi connectivity index (χ1v) is 5.94. The van der Waals surface area contributed by atoms with E-state index in [-0.39, 0.29) is 12.2 Å². The topological polar surface area (TPSA) is 79.5 Å². The van der Waals surface area contributed by atoms with Crippen LogP contribution in [-0.4, -0.2) is 33.6 Å². The third kappa shape index (κ3) is 2.02. The van der Waals surface area contributed by atoms with Gasteiger partial charge in [0.05, 0.1) is 17.7 Å². The van der Waals surface area contributed by atoms with E-state index >= 15 is 0 Å². The first-order valence-electron chi connectivity index (χ1n) is 5.94. The second kappa shape index (κ2) is 4.85. The van der Waals surface area contributed by atoms with Crippen LogP contribution in [0, 0.1) is 13.8 Å². The summed E-state index contributed by atoms with van der Waals surface area (Å²) in [6.45, 7) is 3.93. The summed E-state index contributed by atoms with van der Waals surface area (Å²) in [6.07, 6.45) is 0.733. The predicted molar refractivity (Wildman–Crippen MR) is 70.8 cm³/mol. The summed E-state index contributed by atoms with van der Waals surface area (Å²) >= 11 is 0. The van der Waals surface area contributed by atoms with E-state index in [1.54, 1.807) is 19.9 Å². The van der Waals surface area contributed by atoms with Crippen LogP contribution in [0.15, 0.2) is 12.1 Å². The molecule has 2 rings (SSSR count). The van der Waals surface area contributed by atoms with Gasteiger partial charge in [-0.15, -0.1) is 0 Å². The molecule has 0 aliphatic carbocycles. The van der Waals surface area contributed by atoms with Gasteiger partial charge in [0.25, 0.3) is 0 Å². The van der Waals surface area contributed by atoms with Crippen LogP contribution in [0.5, 0.6) is 0 Å². The molecule has 1 aromatic heterocycles. The molecule has 0 radical (unpaired) electrons. The Morgan fingerprint density at radius 2 is 2.05 bits per heavy atom. The second-order valence-electron chi connectivity index (χ2n) is 4.49. The molecule has 100 valence electrons. The minimum absolute atomic E-state index is 0.0387. The van der Waals surface area contributed by atoms with Crippen LogP contribution in [-0.2, 0) is 6.54 Å². The van der Waals surface area contributed by atoms with Crippen molar-refractivity contribution in [3.05, 3.63) is 34.5 Å². The van der Waals surface area contributed by atoms with Crippen molar-refractivity contribution in [2.45, 2.75) is 20.4 Å². The molecule has 0 unspecified atom stereocenters. The molecule has 0 spiro atoms. The molecule has 0 amide bonds.